The van der Waals surface area contributed by atoms with Crippen LogP contribution in [-0.4, -0.2) is 12.6 Å². The molecule has 100 valence electrons. The van der Waals surface area contributed by atoms with Crippen LogP contribution in [0.15, 0.2) is 12.7 Å². The number of unbranched alkanes of at least 4 members (excludes halogenated alkanes) is 1. The fourth-order valence-corrected chi connectivity index (χ4v) is 3.46. The van der Waals surface area contributed by atoms with Crippen LogP contribution in [0.2, 0.25) is 0 Å². The van der Waals surface area contributed by atoms with Crippen molar-refractivity contribution in [3.63, 3.8) is 0 Å². The molecule has 1 nitrogen and oxygen atoms in total. The first-order valence-electron chi connectivity index (χ1n) is 7.46. The number of rotatable bonds is 7. The van der Waals surface area contributed by atoms with Gasteiger partial charge >= 0.3 is 0 Å². The SMILES string of the molecule is C=CCCCC(NCC)C1CCCCC1(C)C. The molecule has 17 heavy (non-hydrogen) atoms. The van der Waals surface area contributed by atoms with Gasteiger partial charge in [-0.15, -0.1) is 6.58 Å². The Morgan fingerprint density at radius 3 is 2.76 bits per heavy atom. The van der Waals surface area contributed by atoms with E-state index in [9.17, 15) is 0 Å². The molecule has 2 unspecified atom stereocenters. The second kappa shape index (κ2) is 7.20. The van der Waals surface area contributed by atoms with Crippen molar-refractivity contribution in [3.05, 3.63) is 12.7 Å². The Morgan fingerprint density at radius 2 is 2.18 bits per heavy atom. The summed E-state index contributed by atoms with van der Waals surface area (Å²) in [6.07, 6.45) is 11.5. The van der Waals surface area contributed by atoms with Gasteiger partial charge in [0, 0.05) is 6.04 Å². The molecule has 0 heterocycles. The molecule has 0 bridgehead atoms. The van der Waals surface area contributed by atoms with E-state index in [1.165, 1.54) is 38.5 Å². The normalized spacial score (nSPS) is 25.5. The molecular weight excluding hydrogens is 206 g/mol. The van der Waals surface area contributed by atoms with E-state index >= 15 is 0 Å². The third-order valence-electron chi connectivity index (χ3n) is 4.47. The van der Waals surface area contributed by atoms with Gasteiger partial charge in [-0.3, -0.25) is 0 Å². The van der Waals surface area contributed by atoms with E-state index in [0.29, 0.717) is 5.41 Å². The van der Waals surface area contributed by atoms with Crippen LogP contribution in [0.1, 0.15) is 65.7 Å². The number of hydrogen-bond donors (Lipinski definition) is 1. The van der Waals surface area contributed by atoms with E-state index in [1.54, 1.807) is 0 Å². The van der Waals surface area contributed by atoms with Crippen LogP contribution in [0, 0.1) is 11.3 Å². The van der Waals surface area contributed by atoms with Gasteiger partial charge in [0.05, 0.1) is 0 Å². The van der Waals surface area contributed by atoms with Gasteiger partial charge in [0.15, 0.2) is 0 Å². The average molecular weight is 237 g/mol. The molecule has 2 atom stereocenters. The maximum absolute atomic E-state index is 3.82. The van der Waals surface area contributed by atoms with Crippen LogP contribution in [-0.2, 0) is 0 Å². The molecule has 0 spiro atoms. The topological polar surface area (TPSA) is 12.0 Å². The number of nitrogens with one attached hydrogen (secondary N) is 1. The van der Waals surface area contributed by atoms with E-state index in [1.807, 2.05) is 0 Å². The summed E-state index contributed by atoms with van der Waals surface area (Å²) in [6.45, 7) is 12.1. The highest BCUT2D eigenvalue weighted by atomic mass is 14.9. The number of hydrogen-bond acceptors (Lipinski definition) is 1. The molecule has 1 heteroatoms. The fourth-order valence-electron chi connectivity index (χ4n) is 3.46. The van der Waals surface area contributed by atoms with E-state index in [-0.39, 0.29) is 0 Å². The van der Waals surface area contributed by atoms with Gasteiger partial charge in [-0.1, -0.05) is 39.7 Å². The second-order valence-corrected chi connectivity index (χ2v) is 6.22. The summed E-state index contributed by atoms with van der Waals surface area (Å²) >= 11 is 0. The summed E-state index contributed by atoms with van der Waals surface area (Å²) in [5, 5.41) is 3.73. The van der Waals surface area contributed by atoms with Gasteiger partial charge in [-0.2, -0.15) is 0 Å². The molecule has 0 radical (unpaired) electrons. The van der Waals surface area contributed by atoms with Crippen molar-refractivity contribution >= 4 is 0 Å². The van der Waals surface area contributed by atoms with E-state index < -0.39 is 0 Å². The molecule has 1 rings (SSSR count). The van der Waals surface area contributed by atoms with Gasteiger partial charge in [-0.25, -0.2) is 0 Å². The summed E-state index contributed by atoms with van der Waals surface area (Å²) in [4.78, 5) is 0. The lowest BCUT2D eigenvalue weighted by Gasteiger charge is -2.43. The number of allylic oxidation sites excluding steroid dienone is 1. The van der Waals surface area contributed by atoms with Crippen molar-refractivity contribution in [2.45, 2.75) is 71.8 Å². The van der Waals surface area contributed by atoms with Gasteiger partial charge in [0.2, 0.25) is 0 Å². The molecule has 0 aliphatic heterocycles. The maximum Gasteiger partial charge on any atom is 0.0100 e. The quantitative estimate of drug-likeness (QED) is 0.506. The van der Waals surface area contributed by atoms with Gasteiger partial charge in [0.25, 0.3) is 0 Å². The van der Waals surface area contributed by atoms with Crippen LogP contribution < -0.4 is 5.32 Å². The summed E-state index contributed by atoms with van der Waals surface area (Å²) in [5.74, 6) is 0.862. The Morgan fingerprint density at radius 1 is 1.41 bits per heavy atom. The van der Waals surface area contributed by atoms with Crippen LogP contribution in [0.5, 0.6) is 0 Å². The molecule has 1 aliphatic carbocycles. The fraction of sp³-hybridized carbons (Fsp3) is 0.875. The van der Waals surface area contributed by atoms with E-state index in [4.69, 9.17) is 0 Å². The predicted molar refractivity (Wildman–Crippen MR) is 77.3 cm³/mol. The lowest BCUT2D eigenvalue weighted by atomic mass is 9.65. The summed E-state index contributed by atoms with van der Waals surface area (Å²) in [7, 11) is 0. The van der Waals surface area contributed by atoms with Gasteiger partial charge < -0.3 is 5.32 Å². The molecule has 0 aromatic rings. The Hall–Kier alpha value is -0.300. The second-order valence-electron chi connectivity index (χ2n) is 6.22. The minimum atomic E-state index is 0.527. The highest BCUT2D eigenvalue weighted by molar-refractivity contribution is 4.90. The summed E-state index contributed by atoms with van der Waals surface area (Å²) < 4.78 is 0. The monoisotopic (exact) mass is 237 g/mol. The minimum Gasteiger partial charge on any atom is -0.314 e. The molecule has 0 aromatic heterocycles. The highest BCUT2D eigenvalue weighted by Gasteiger charge is 2.36. The highest BCUT2D eigenvalue weighted by Crippen LogP contribution is 2.43. The first-order chi connectivity index (χ1) is 8.11. The Bertz CT molecular complexity index is 220. The van der Waals surface area contributed by atoms with Crippen LogP contribution >= 0.6 is 0 Å². The molecule has 0 aromatic carbocycles. The van der Waals surface area contributed by atoms with Crippen molar-refractivity contribution < 1.29 is 0 Å². The Labute approximate surface area is 108 Å². The molecule has 1 saturated carbocycles. The van der Waals surface area contributed by atoms with Crippen LogP contribution in [0.25, 0.3) is 0 Å². The zero-order valence-electron chi connectivity index (χ0n) is 12.1. The zero-order valence-corrected chi connectivity index (χ0v) is 12.1. The largest absolute Gasteiger partial charge is 0.314 e. The smallest absolute Gasteiger partial charge is 0.0100 e. The maximum atomic E-state index is 3.82. The Balaban J connectivity index is 2.56. The van der Waals surface area contributed by atoms with Gasteiger partial charge in [-0.05, 0) is 50.0 Å². The summed E-state index contributed by atoms with van der Waals surface area (Å²) in [5.41, 5.74) is 0.527. The lowest BCUT2D eigenvalue weighted by molar-refractivity contribution is 0.0946. The van der Waals surface area contributed by atoms with Crippen molar-refractivity contribution in [2.24, 2.45) is 11.3 Å². The van der Waals surface area contributed by atoms with E-state index in [0.717, 1.165) is 24.9 Å². The third-order valence-corrected chi connectivity index (χ3v) is 4.47. The minimum absolute atomic E-state index is 0.527. The molecule has 1 fully saturated rings. The van der Waals surface area contributed by atoms with Crippen molar-refractivity contribution in [1.82, 2.24) is 5.32 Å². The molecule has 1 N–H and O–H groups in total. The van der Waals surface area contributed by atoms with Crippen molar-refractivity contribution in [3.8, 4) is 0 Å². The molecule has 0 amide bonds. The molecule has 1 aliphatic rings. The van der Waals surface area contributed by atoms with Crippen molar-refractivity contribution in [2.75, 3.05) is 6.54 Å². The van der Waals surface area contributed by atoms with Crippen LogP contribution in [0.3, 0.4) is 0 Å². The zero-order chi connectivity index (χ0) is 12.7. The summed E-state index contributed by atoms with van der Waals surface area (Å²) in [6, 6.07) is 0.718. The standard InChI is InChI=1S/C16H31N/c1-5-7-8-12-15(17-6-2)14-11-9-10-13-16(14,3)4/h5,14-15,17H,1,6-13H2,2-4H3. The van der Waals surface area contributed by atoms with Gasteiger partial charge in [0.1, 0.15) is 0 Å². The van der Waals surface area contributed by atoms with Crippen molar-refractivity contribution in [1.29, 1.82) is 0 Å². The lowest BCUT2D eigenvalue weighted by Crippen LogP contribution is -2.44. The Kier molecular flexibility index (Phi) is 6.26. The third kappa shape index (κ3) is 4.46. The first-order valence-corrected chi connectivity index (χ1v) is 7.46. The molecular formula is C16H31N. The van der Waals surface area contributed by atoms with E-state index in [2.05, 4.69) is 38.7 Å². The molecule has 0 saturated heterocycles. The predicted octanol–water partition coefficient (Wildman–Crippen LogP) is 4.54. The van der Waals surface area contributed by atoms with Crippen LogP contribution in [0.4, 0.5) is 0 Å². The average Bonchev–Trinajstić information content (AvgIpc) is 2.28. The first kappa shape index (κ1) is 14.8.